The zero-order valence-corrected chi connectivity index (χ0v) is 9.83. The van der Waals surface area contributed by atoms with Gasteiger partial charge in [-0.05, 0) is 24.3 Å². The summed E-state index contributed by atoms with van der Waals surface area (Å²) in [4.78, 5) is 11.1. The largest absolute Gasteiger partial charge is 0.399 e. The summed E-state index contributed by atoms with van der Waals surface area (Å²) < 4.78 is 26.3. The van der Waals surface area contributed by atoms with Crippen molar-refractivity contribution in [3.63, 3.8) is 0 Å². The molecule has 0 saturated carbocycles. The Balaban J connectivity index is 2.14. The van der Waals surface area contributed by atoms with Crippen LogP contribution in [0.2, 0.25) is 0 Å². The molecule has 1 aliphatic heterocycles. The van der Waals surface area contributed by atoms with E-state index in [-0.39, 0.29) is 23.3 Å². The summed E-state index contributed by atoms with van der Waals surface area (Å²) in [5, 5.41) is 2.57. The Morgan fingerprint density at radius 3 is 2.47 bits per heavy atom. The number of nitrogen functional groups attached to an aromatic ring is 1. The van der Waals surface area contributed by atoms with Crippen LogP contribution in [-0.2, 0) is 14.8 Å². The highest BCUT2D eigenvalue weighted by Gasteiger charge is 2.26. The normalized spacial score (nSPS) is 20.2. The second kappa shape index (κ2) is 4.34. The summed E-state index contributed by atoms with van der Waals surface area (Å²) in [5.41, 5.74) is 5.98. The minimum atomic E-state index is -3.58. The van der Waals surface area contributed by atoms with E-state index in [2.05, 4.69) is 10.0 Å². The first kappa shape index (κ1) is 11.9. The van der Waals surface area contributed by atoms with E-state index in [0.29, 0.717) is 12.2 Å². The lowest BCUT2D eigenvalue weighted by molar-refractivity contribution is -0.119. The Kier molecular flexibility index (Phi) is 3.03. The van der Waals surface area contributed by atoms with Gasteiger partial charge in [-0.25, -0.2) is 13.1 Å². The summed E-state index contributed by atoms with van der Waals surface area (Å²) in [6, 6.07) is 5.52. The van der Waals surface area contributed by atoms with Gasteiger partial charge in [0.1, 0.15) is 0 Å². The number of carbonyl (C=O) groups excluding carboxylic acids is 1. The van der Waals surface area contributed by atoms with Gasteiger partial charge in [0.15, 0.2) is 0 Å². The fourth-order valence-electron chi connectivity index (χ4n) is 1.62. The lowest BCUT2D eigenvalue weighted by Gasteiger charge is -2.11. The number of sulfonamides is 1. The van der Waals surface area contributed by atoms with Gasteiger partial charge in [-0.2, -0.15) is 0 Å². The minimum Gasteiger partial charge on any atom is -0.399 e. The van der Waals surface area contributed by atoms with E-state index < -0.39 is 10.0 Å². The molecule has 1 saturated heterocycles. The highest BCUT2D eigenvalue weighted by molar-refractivity contribution is 7.89. The lowest BCUT2D eigenvalue weighted by atomic mass is 10.3. The molecule has 0 spiro atoms. The fourth-order valence-corrected chi connectivity index (χ4v) is 2.86. The maximum Gasteiger partial charge on any atom is 0.240 e. The number of hydrogen-bond acceptors (Lipinski definition) is 4. The van der Waals surface area contributed by atoms with E-state index in [1.165, 1.54) is 24.3 Å². The zero-order valence-electron chi connectivity index (χ0n) is 9.01. The van der Waals surface area contributed by atoms with Crippen molar-refractivity contribution in [2.45, 2.75) is 17.4 Å². The number of anilines is 1. The Morgan fingerprint density at radius 1 is 1.29 bits per heavy atom. The molecule has 1 amide bonds. The van der Waals surface area contributed by atoms with Crippen molar-refractivity contribution in [3.8, 4) is 0 Å². The quantitative estimate of drug-likeness (QED) is 0.630. The van der Waals surface area contributed by atoms with Crippen LogP contribution in [0.15, 0.2) is 29.2 Å². The van der Waals surface area contributed by atoms with Crippen LogP contribution in [0, 0.1) is 0 Å². The van der Waals surface area contributed by atoms with Gasteiger partial charge < -0.3 is 11.1 Å². The van der Waals surface area contributed by atoms with Crippen LogP contribution in [0.3, 0.4) is 0 Å². The molecule has 92 valence electrons. The Hall–Kier alpha value is -1.60. The van der Waals surface area contributed by atoms with Crippen molar-refractivity contribution in [2.24, 2.45) is 0 Å². The second-order valence-electron chi connectivity index (χ2n) is 3.90. The predicted molar refractivity (Wildman–Crippen MR) is 62.6 cm³/mol. The minimum absolute atomic E-state index is 0.144. The predicted octanol–water partition coefficient (Wildman–Crippen LogP) is -0.564. The SMILES string of the molecule is Nc1ccc(S(=O)(=O)NC2CNC(=O)C2)cc1. The number of hydrogen-bond donors (Lipinski definition) is 3. The molecule has 1 atom stereocenters. The van der Waals surface area contributed by atoms with Crippen LogP contribution in [0.25, 0.3) is 0 Å². The third kappa shape index (κ3) is 2.75. The maximum absolute atomic E-state index is 11.9. The molecule has 0 bridgehead atoms. The first-order valence-electron chi connectivity index (χ1n) is 5.12. The molecule has 0 aliphatic carbocycles. The number of nitrogens with one attached hydrogen (secondary N) is 2. The van der Waals surface area contributed by atoms with Crippen LogP contribution < -0.4 is 15.8 Å². The van der Waals surface area contributed by atoms with Crippen LogP contribution in [0.4, 0.5) is 5.69 Å². The molecule has 7 heteroatoms. The lowest BCUT2D eigenvalue weighted by Crippen LogP contribution is -2.36. The van der Waals surface area contributed by atoms with Crippen molar-refractivity contribution >= 4 is 21.6 Å². The number of benzene rings is 1. The summed E-state index contributed by atoms with van der Waals surface area (Å²) in [7, 11) is -3.58. The fraction of sp³-hybridized carbons (Fsp3) is 0.300. The van der Waals surface area contributed by atoms with Crippen LogP contribution >= 0.6 is 0 Å². The Labute approximate surface area is 99.2 Å². The molecule has 0 aromatic heterocycles. The Morgan fingerprint density at radius 2 is 1.94 bits per heavy atom. The zero-order chi connectivity index (χ0) is 12.5. The van der Waals surface area contributed by atoms with Crippen LogP contribution in [-0.4, -0.2) is 26.9 Å². The van der Waals surface area contributed by atoms with E-state index in [4.69, 9.17) is 5.73 Å². The van der Waals surface area contributed by atoms with E-state index in [1.54, 1.807) is 0 Å². The van der Waals surface area contributed by atoms with E-state index in [0.717, 1.165) is 0 Å². The molecule has 1 unspecified atom stereocenters. The van der Waals surface area contributed by atoms with E-state index >= 15 is 0 Å². The van der Waals surface area contributed by atoms with Crippen molar-refractivity contribution < 1.29 is 13.2 Å². The van der Waals surface area contributed by atoms with Gasteiger partial charge in [0.05, 0.1) is 4.90 Å². The van der Waals surface area contributed by atoms with Gasteiger partial charge in [0, 0.05) is 24.7 Å². The average Bonchev–Trinajstić information content (AvgIpc) is 2.63. The van der Waals surface area contributed by atoms with Gasteiger partial charge >= 0.3 is 0 Å². The van der Waals surface area contributed by atoms with Crippen molar-refractivity contribution in [2.75, 3.05) is 12.3 Å². The smallest absolute Gasteiger partial charge is 0.240 e. The summed E-state index contributed by atoms with van der Waals surface area (Å²) >= 11 is 0. The number of rotatable bonds is 3. The topological polar surface area (TPSA) is 101 Å². The number of nitrogens with two attached hydrogens (primary N) is 1. The Bertz CT molecular complexity index is 524. The average molecular weight is 255 g/mol. The third-order valence-corrected chi connectivity index (χ3v) is 4.03. The molecule has 1 fully saturated rings. The first-order chi connectivity index (χ1) is 7.97. The molecular formula is C10H13N3O3S. The van der Waals surface area contributed by atoms with Crippen molar-refractivity contribution in [1.29, 1.82) is 0 Å². The standard InChI is InChI=1S/C10H13N3O3S/c11-7-1-3-9(4-2-7)17(15,16)13-8-5-10(14)12-6-8/h1-4,8,13H,5-6,11H2,(H,12,14). The van der Waals surface area contributed by atoms with Gasteiger partial charge in [0.25, 0.3) is 0 Å². The molecule has 1 aromatic carbocycles. The van der Waals surface area contributed by atoms with Gasteiger partial charge in [0.2, 0.25) is 15.9 Å². The highest BCUT2D eigenvalue weighted by atomic mass is 32.2. The molecule has 17 heavy (non-hydrogen) atoms. The van der Waals surface area contributed by atoms with Crippen molar-refractivity contribution in [3.05, 3.63) is 24.3 Å². The molecule has 2 rings (SSSR count). The van der Waals surface area contributed by atoms with Gasteiger partial charge in [-0.1, -0.05) is 0 Å². The summed E-state index contributed by atoms with van der Waals surface area (Å²) in [6.45, 7) is 0.326. The first-order valence-corrected chi connectivity index (χ1v) is 6.60. The van der Waals surface area contributed by atoms with Crippen molar-refractivity contribution in [1.82, 2.24) is 10.0 Å². The molecule has 1 heterocycles. The van der Waals surface area contributed by atoms with E-state index in [1.807, 2.05) is 0 Å². The molecule has 6 nitrogen and oxygen atoms in total. The number of carbonyl (C=O) groups is 1. The summed E-state index contributed by atoms with van der Waals surface area (Å²) in [6.07, 6.45) is 0.175. The van der Waals surface area contributed by atoms with E-state index in [9.17, 15) is 13.2 Å². The van der Waals surface area contributed by atoms with Gasteiger partial charge in [-0.3, -0.25) is 4.79 Å². The monoisotopic (exact) mass is 255 g/mol. The molecular weight excluding hydrogens is 242 g/mol. The van der Waals surface area contributed by atoms with Crippen LogP contribution in [0.1, 0.15) is 6.42 Å². The summed E-state index contributed by atoms with van der Waals surface area (Å²) in [5.74, 6) is -0.144. The molecule has 0 radical (unpaired) electrons. The number of amides is 1. The molecule has 1 aromatic rings. The highest BCUT2D eigenvalue weighted by Crippen LogP contribution is 2.13. The molecule has 1 aliphatic rings. The molecule has 4 N–H and O–H groups in total. The third-order valence-electron chi connectivity index (χ3n) is 2.49. The van der Waals surface area contributed by atoms with Crippen LogP contribution in [0.5, 0.6) is 0 Å². The maximum atomic E-state index is 11.9. The second-order valence-corrected chi connectivity index (χ2v) is 5.61. The van der Waals surface area contributed by atoms with Gasteiger partial charge in [-0.15, -0.1) is 0 Å².